The first-order valence-corrected chi connectivity index (χ1v) is 8.71. The highest BCUT2D eigenvalue weighted by molar-refractivity contribution is 5.97. The maximum absolute atomic E-state index is 12.1. The number of amides is 1. The summed E-state index contributed by atoms with van der Waals surface area (Å²) in [6, 6.07) is 11.0. The van der Waals surface area contributed by atoms with Crippen LogP contribution in [0.5, 0.6) is 23.0 Å². The van der Waals surface area contributed by atoms with Crippen LogP contribution in [0.3, 0.4) is 0 Å². The van der Waals surface area contributed by atoms with Crippen molar-refractivity contribution in [1.82, 2.24) is 5.43 Å². The van der Waals surface area contributed by atoms with Crippen LogP contribution in [0.4, 0.5) is 0 Å². The molecule has 0 bridgehead atoms. The lowest BCUT2D eigenvalue weighted by Gasteiger charge is -2.09. The van der Waals surface area contributed by atoms with Crippen LogP contribution in [0.1, 0.15) is 18.1 Å². The minimum absolute atomic E-state index is 0.184. The molecular formula is C21H22N2O5. The summed E-state index contributed by atoms with van der Waals surface area (Å²) >= 11 is 0. The number of benzene rings is 2. The van der Waals surface area contributed by atoms with E-state index < -0.39 is 0 Å². The molecule has 7 nitrogen and oxygen atoms in total. The number of carbonyl (C=O) groups excluding carboxylic acids is 1. The zero-order valence-corrected chi connectivity index (χ0v) is 16.0. The average Bonchev–Trinajstić information content (AvgIpc) is 3.18. The highest BCUT2D eigenvalue weighted by Crippen LogP contribution is 2.32. The van der Waals surface area contributed by atoms with Crippen molar-refractivity contribution in [3.8, 4) is 23.0 Å². The molecule has 2 aromatic rings. The summed E-state index contributed by atoms with van der Waals surface area (Å²) < 4.78 is 21.1. The van der Waals surface area contributed by atoms with Crippen LogP contribution < -0.4 is 24.4 Å². The van der Waals surface area contributed by atoms with Gasteiger partial charge in [0.2, 0.25) is 12.7 Å². The molecule has 3 rings (SSSR count). The van der Waals surface area contributed by atoms with Crippen LogP contribution in [0, 0.1) is 0 Å². The number of hydrogen-bond donors (Lipinski definition) is 1. The second-order valence-corrected chi connectivity index (χ2v) is 6.10. The lowest BCUT2D eigenvalue weighted by molar-refractivity contribution is -0.120. The van der Waals surface area contributed by atoms with E-state index in [0.29, 0.717) is 17.2 Å². The largest absolute Gasteiger partial charge is 0.493 e. The van der Waals surface area contributed by atoms with E-state index >= 15 is 0 Å². The highest BCUT2D eigenvalue weighted by atomic mass is 16.7. The summed E-state index contributed by atoms with van der Waals surface area (Å²) in [5.74, 6) is 2.45. The van der Waals surface area contributed by atoms with Gasteiger partial charge in [0.05, 0.1) is 26.4 Å². The van der Waals surface area contributed by atoms with Crippen LogP contribution in [-0.2, 0) is 11.2 Å². The van der Waals surface area contributed by atoms with E-state index in [1.54, 1.807) is 33.3 Å². The van der Waals surface area contributed by atoms with Crippen molar-refractivity contribution in [2.24, 2.45) is 5.10 Å². The van der Waals surface area contributed by atoms with Crippen LogP contribution in [-0.4, -0.2) is 32.6 Å². The van der Waals surface area contributed by atoms with Crippen molar-refractivity contribution in [3.63, 3.8) is 0 Å². The smallest absolute Gasteiger partial charge is 0.244 e. The number of nitrogens with one attached hydrogen (secondary N) is 1. The van der Waals surface area contributed by atoms with Gasteiger partial charge in [0.1, 0.15) is 0 Å². The topological polar surface area (TPSA) is 78.4 Å². The Hall–Kier alpha value is -3.48. The Morgan fingerprint density at radius 1 is 1.11 bits per heavy atom. The zero-order chi connectivity index (χ0) is 19.9. The molecule has 7 heteroatoms. The second kappa shape index (κ2) is 8.94. The molecule has 0 saturated heterocycles. The molecule has 1 aliphatic heterocycles. The Morgan fingerprint density at radius 3 is 2.68 bits per heavy atom. The number of hydrazone groups is 1. The fourth-order valence-electron chi connectivity index (χ4n) is 2.64. The van der Waals surface area contributed by atoms with E-state index in [-0.39, 0.29) is 19.1 Å². The van der Waals surface area contributed by atoms with Gasteiger partial charge in [-0.15, -0.1) is 0 Å². The highest BCUT2D eigenvalue weighted by Gasteiger charge is 2.12. The molecule has 0 unspecified atom stereocenters. The molecule has 0 spiro atoms. The molecule has 146 valence electrons. The third-order valence-corrected chi connectivity index (χ3v) is 4.08. The molecule has 1 heterocycles. The molecule has 1 aliphatic rings. The minimum atomic E-state index is -0.219. The number of fused-ring (bicyclic) bond motifs is 1. The average molecular weight is 382 g/mol. The summed E-state index contributed by atoms with van der Waals surface area (Å²) in [4.78, 5) is 12.1. The predicted octanol–water partition coefficient (Wildman–Crippen LogP) is 3.18. The van der Waals surface area contributed by atoms with Crippen LogP contribution in [0.15, 0.2) is 47.6 Å². The Labute approximate surface area is 163 Å². The van der Waals surface area contributed by atoms with Gasteiger partial charge in [-0.1, -0.05) is 18.2 Å². The van der Waals surface area contributed by atoms with Crippen LogP contribution >= 0.6 is 0 Å². The molecule has 2 aromatic carbocycles. The SMILES string of the molecule is COc1ccc(CC(=O)NN=C(C)C=Cc2ccc3c(c2)OCO3)cc1OC. The Balaban J connectivity index is 1.56. The first-order chi connectivity index (χ1) is 13.6. The van der Waals surface area contributed by atoms with Gasteiger partial charge < -0.3 is 18.9 Å². The van der Waals surface area contributed by atoms with Crippen LogP contribution in [0.25, 0.3) is 6.08 Å². The quantitative estimate of drug-likeness (QED) is 0.588. The number of ether oxygens (including phenoxy) is 4. The Kier molecular flexibility index (Phi) is 6.16. The first kappa shape index (κ1) is 19.3. The molecule has 0 atom stereocenters. The number of nitrogens with zero attached hydrogens (tertiary/aromatic N) is 1. The lowest BCUT2D eigenvalue weighted by Crippen LogP contribution is -2.20. The molecule has 0 aromatic heterocycles. The third-order valence-electron chi connectivity index (χ3n) is 4.08. The maximum Gasteiger partial charge on any atom is 0.244 e. The molecule has 0 fully saturated rings. The van der Waals surface area contributed by atoms with E-state index in [9.17, 15) is 4.79 Å². The number of allylic oxidation sites excluding steroid dienone is 1. The van der Waals surface area contributed by atoms with E-state index in [1.807, 2.05) is 36.4 Å². The summed E-state index contributed by atoms with van der Waals surface area (Å²) in [6.07, 6.45) is 3.89. The number of carbonyl (C=O) groups is 1. The normalized spacial score (nSPS) is 12.9. The summed E-state index contributed by atoms with van der Waals surface area (Å²) in [6.45, 7) is 2.05. The molecule has 0 aliphatic carbocycles. The van der Waals surface area contributed by atoms with Crippen molar-refractivity contribution < 1.29 is 23.7 Å². The van der Waals surface area contributed by atoms with Gasteiger partial charge in [0.25, 0.3) is 0 Å². The van der Waals surface area contributed by atoms with Crippen molar-refractivity contribution in [2.45, 2.75) is 13.3 Å². The third kappa shape index (κ3) is 4.82. The van der Waals surface area contributed by atoms with Crippen molar-refractivity contribution in [1.29, 1.82) is 0 Å². The van der Waals surface area contributed by atoms with E-state index in [0.717, 1.165) is 22.6 Å². The maximum atomic E-state index is 12.1. The van der Waals surface area contributed by atoms with Gasteiger partial charge in [-0.3, -0.25) is 4.79 Å². The molecule has 0 radical (unpaired) electrons. The van der Waals surface area contributed by atoms with E-state index in [2.05, 4.69) is 10.5 Å². The Morgan fingerprint density at radius 2 is 1.89 bits per heavy atom. The fourth-order valence-corrected chi connectivity index (χ4v) is 2.64. The summed E-state index contributed by atoms with van der Waals surface area (Å²) in [5.41, 5.74) is 4.98. The standard InChI is InChI=1S/C21H22N2O5/c1-14(4-5-15-6-9-18-20(10-15)28-13-27-18)22-23-21(24)12-16-7-8-17(25-2)19(11-16)26-3/h4-11H,12-13H2,1-3H3,(H,23,24). The monoisotopic (exact) mass is 382 g/mol. The number of methoxy groups -OCH3 is 2. The molecule has 0 saturated carbocycles. The molecular weight excluding hydrogens is 360 g/mol. The fraction of sp³-hybridized carbons (Fsp3) is 0.238. The lowest BCUT2D eigenvalue weighted by atomic mass is 10.1. The Bertz CT molecular complexity index is 921. The minimum Gasteiger partial charge on any atom is -0.493 e. The zero-order valence-electron chi connectivity index (χ0n) is 16.0. The van der Waals surface area contributed by atoms with E-state index in [4.69, 9.17) is 18.9 Å². The van der Waals surface area contributed by atoms with Gasteiger partial charge in [-0.05, 0) is 48.4 Å². The summed E-state index contributed by atoms with van der Waals surface area (Å²) in [7, 11) is 3.13. The molecule has 1 amide bonds. The predicted molar refractivity (Wildman–Crippen MR) is 106 cm³/mol. The van der Waals surface area contributed by atoms with Gasteiger partial charge in [0.15, 0.2) is 23.0 Å². The first-order valence-electron chi connectivity index (χ1n) is 8.71. The number of rotatable bonds is 7. The van der Waals surface area contributed by atoms with Gasteiger partial charge in [-0.25, -0.2) is 5.43 Å². The van der Waals surface area contributed by atoms with Crippen molar-refractivity contribution in [3.05, 3.63) is 53.6 Å². The number of hydrogen-bond acceptors (Lipinski definition) is 6. The van der Waals surface area contributed by atoms with E-state index in [1.165, 1.54) is 0 Å². The molecule has 28 heavy (non-hydrogen) atoms. The second-order valence-electron chi connectivity index (χ2n) is 6.10. The van der Waals surface area contributed by atoms with Crippen molar-refractivity contribution >= 4 is 17.7 Å². The van der Waals surface area contributed by atoms with Gasteiger partial charge in [-0.2, -0.15) is 5.10 Å². The van der Waals surface area contributed by atoms with Gasteiger partial charge in [0, 0.05) is 0 Å². The van der Waals surface area contributed by atoms with Crippen LogP contribution in [0.2, 0.25) is 0 Å². The van der Waals surface area contributed by atoms with Crippen molar-refractivity contribution in [2.75, 3.05) is 21.0 Å². The molecule has 1 N–H and O–H groups in total. The summed E-state index contributed by atoms with van der Waals surface area (Å²) in [5, 5.41) is 4.10. The van der Waals surface area contributed by atoms with Gasteiger partial charge >= 0.3 is 0 Å².